The summed E-state index contributed by atoms with van der Waals surface area (Å²) in [6.07, 6.45) is -1.96. The van der Waals surface area contributed by atoms with Crippen LogP contribution in [0.3, 0.4) is 0 Å². The van der Waals surface area contributed by atoms with Crippen LogP contribution in [0.2, 0.25) is 0 Å². The molecule has 2 aromatic rings. The third kappa shape index (κ3) is 4.99. The highest BCUT2D eigenvalue weighted by atomic mass is 19.4. The molecule has 3 rings (SSSR count). The first kappa shape index (κ1) is 21.4. The molecule has 0 bridgehead atoms. The van der Waals surface area contributed by atoms with Crippen LogP contribution in [-0.4, -0.2) is 54.8 Å². The summed E-state index contributed by atoms with van der Waals surface area (Å²) in [5, 5.41) is 13.0. The molecule has 0 spiro atoms. The SMILES string of the molecule is CC(=NOc1ccnc(C(F)(F)F)n1)c1cnc(C)nc1C1CCN(C(=O)O)CC1. The maximum absolute atomic E-state index is 12.7. The number of likely N-dealkylation sites (tertiary alicyclic amines) is 1. The van der Waals surface area contributed by atoms with Gasteiger partial charge in [0.15, 0.2) is 0 Å². The summed E-state index contributed by atoms with van der Waals surface area (Å²) in [5.41, 5.74) is 1.65. The van der Waals surface area contributed by atoms with Crippen molar-refractivity contribution in [3.8, 4) is 5.88 Å². The van der Waals surface area contributed by atoms with Gasteiger partial charge in [0.05, 0.1) is 11.4 Å². The Labute approximate surface area is 169 Å². The van der Waals surface area contributed by atoms with E-state index in [1.165, 1.54) is 11.0 Å². The predicted molar refractivity (Wildman–Crippen MR) is 98.2 cm³/mol. The van der Waals surface area contributed by atoms with Gasteiger partial charge >= 0.3 is 12.3 Å². The van der Waals surface area contributed by atoms with Crippen molar-refractivity contribution in [3.63, 3.8) is 0 Å². The van der Waals surface area contributed by atoms with Gasteiger partial charge in [-0.3, -0.25) is 0 Å². The molecule has 0 unspecified atom stereocenters. The van der Waals surface area contributed by atoms with Crippen LogP contribution in [0.5, 0.6) is 5.88 Å². The van der Waals surface area contributed by atoms with E-state index in [1.807, 2.05) is 0 Å². The molecule has 0 aromatic carbocycles. The number of piperidine rings is 1. The lowest BCUT2D eigenvalue weighted by atomic mass is 9.90. The van der Waals surface area contributed by atoms with E-state index < -0.39 is 18.1 Å². The van der Waals surface area contributed by atoms with E-state index in [-0.39, 0.29) is 11.8 Å². The maximum Gasteiger partial charge on any atom is 0.451 e. The standard InChI is InChI=1S/C18H19F3N6O3/c1-10(26-30-14-3-6-22-16(25-14)18(19,20)21)13-9-23-11(2)24-15(13)12-4-7-27(8-5-12)17(28)29/h3,6,9,12H,4-5,7-8H2,1-2H3,(H,28,29). The van der Waals surface area contributed by atoms with Gasteiger partial charge in [-0.2, -0.15) is 18.2 Å². The van der Waals surface area contributed by atoms with Crippen molar-refractivity contribution in [1.29, 1.82) is 0 Å². The summed E-state index contributed by atoms with van der Waals surface area (Å²) in [4.78, 5) is 32.7. The predicted octanol–water partition coefficient (Wildman–Crippen LogP) is 3.25. The zero-order chi connectivity index (χ0) is 21.9. The minimum Gasteiger partial charge on any atom is -0.465 e. The molecule has 3 heterocycles. The van der Waals surface area contributed by atoms with Crippen LogP contribution in [0, 0.1) is 6.92 Å². The number of aromatic nitrogens is 4. The van der Waals surface area contributed by atoms with Gasteiger partial charge in [-0.05, 0) is 26.7 Å². The second-order valence-electron chi connectivity index (χ2n) is 6.74. The van der Waals surface area contributed by atoms with Gasteiger partial charge in [-0.25, -0.2) is 19.7 Å². The van der Waals surface area contributed by atoms with Crippen LogP contribution in [0.1, 0.15) is 48.6 Å². The van der Waals surface area contributed by atoms with Gasteiger partial charge in [-0.1, -0.05) is 5.16 Å². The lowest BCUT2D eigenvalue weighted by molar-refractivity contribution is -0.145. The summed E-state index contributed by atoms with van der Waals surface area (Å²) in [7, 11) is 0. The highest BCUT2D eigenvalue weighted by Crippen LogP contribution is 2.30. The Balaban J connectivity index is 1.81. The molecule has 1 N–H and O–H groups in total. The Hall–Kier alpha value is -3.31. The molecule has 0 saturated carbocycles. The van der Waals surface area contributed by atoms with Crippen molar-refractivity contribution >= 4 is 11.8 Å². The number of alkyl halides is 3. The number of carbonyl (C=O) groups is 1. The van der Waals surface area contributed by atoms with Crippen LogP contribution in [0.25, 0.3) is 0 Å². The third-order valence-corrected chi connectivity index (χ3v) is 4.64. The quantitative estimate of drug-likeness (QED) is 0.592. The molecule has 1 fully saturated rings. The van der Waals surface area contributed by atoms with Crippen molar-refractivity contribution in [2.75, 3.05) is 13.1 Å². The first-order valence-corrected chi connectivity index (χ1v) is 9.08. The number of rotatable bonds is 4. The average molecular weight is 424 g/mol. The molecule has 0 atom stereocenters. The van der Waals surface area contributed by atoms with Crippen LogP contribution in [0.15, 0.2) is 23.6 Å². The molecule has 1 saturated heterocycles. The van der Waals surface area contributed by atoms with Crippen LogP contribution in [-0.2, 0) is 6.18 Å². The van der Waals surface area contributed by atoms with Crippen molar-refractivity contribution in [2.45, 2.75) is 38.8 Å². The molecule has 2 aromatic heterocycles. The Morgan fingerprint density at radius 1 is 1.27 bits per heavy atom. The molecular formula is C18H19F3N6O3. The Morgan fingerprint density at radius 2 is 1.97 bits per heavy atom. The normalized spacial score (nSPS) is 15.9. The second kappa shape index (κ2) is 8.59. The van der Waals surface area contributed by atoms with Gasteiger partial charge in [-0.15, -0.1) is 0 Å². The summed E-state index contributed by atoms with van der Waals surface area (Å²) < 4.78 is 38.2. The lowest BCUT2D eigenvalue weighted by Gasteiger charge is -2.30. The molecule has 0 aliphatic carbocycles. The van der Waals surface area contributed by atoms with Gasteiger partial charge in [0.1, 0.15) is 5.82 Å². The number of amides is 1. The van der Waals surface area contributed by atoms with Gasteiger partial charge < -0.3 is 14.8 Å². The van der Waals surface area contributed by atoms with E-state index in [0.29, 0.717) is 48.7 Å². The van der Waals surface area contributed by atoms with Crippen molar-refractivity contribution in [2.24, 2.45) is 5.16 Å². The number of oxime groups is 1. The van der Waals surface area contributed by atoms with Crippen LogP contribution in [0.4, 0.5) is 18.0 Å². The monoisotopic (exact) mass is 424 g/mol. The zero-order valence-electron chi connectivity index (χ0n) is 16.2. The van der Waals surface area contributed by atoms with Crippen LogP contribution < -0.4 is 4.84 Å². The fraction of sp³-hybridized carbons (Fsp3) is 0.444. The number of carboxylic acid groups (broad SMARTS) is 1. The minimum absolute atomic E-state index is 0.00154. The fourth-order valence-corrected chi connectivity index (χ4v) is 3.12. The second-order valence-corrected chi connectivity index (χ2v) is 6.74. The van der Waals surface area contributed by atoms with Gasteiger partial charge in [0.2, 0.25) is 5.82 Å². The van der Waals surface area contributed by atoms with Crippen molar-refractivity contribution in [1.82, 2.24) is 24.8 Å². The van der Waals surface area contributed by atoms with E-state index in [2.05, 4.69) is 25.1 Å². The van der Waals surface area contributed by atoms with Crippen molar-refractivity contribution in [3.05, 3.63) is 41.4 Å². The lowest BCUT2D eigenvalue weighted by Crippen LogP contribution is -2.37. The number of aryl methyl sites for hydroxylation is 1. The largest absolute Gasteiger partial charge is 0.465 e. The summed E-state index contributed by atoms with van der Waals surface area (Å²) in [5.74, 6) is -1.12. The molecular weight excluding hydrogens is 405 g/mol. The first-order valence-electron chi connectivity index (χ1n) is 9.08. The highest BCUT2D eigenvalue weighted by Gasteiger charge is 2.35. The number of halogens is 3. The molecule has 160 valence electrons. The van der Waals surface area contributed by atoms with Gasteiger partial charge in [0.25, 0.3) is 5.88 Å². The topological polar surface area (TPSA) is 114 Å². The zero-order valence-corrected chi connectivity index (χ0v) is 16.2. The Morgan fingerprint density at radius 3 is 2.60 bits per heavy atom. The van der Waals surface area contributed by atoms with Crippen LogP contribution >= 0.6 is 0 Å². The van der Waals surface area contributed by atoms with E-state index in [0.717, 1.165) is 6.20 Å². The van der Waals surface area contributed by atoms with Gasteiger partial charge in [0, 0.05) is 43.0 Å². The summed E-state index contributed by atoms with van der Waals surface area (Å²) >= 11 is 0. The first-order chi connectivity index (χ1) is 14.1. The van der Waals surface area contributed by atoms with Crippen molar-refractivity contribution < 1.29 is 27.9 Å². The smallest absolute Gasteiger partial charge is 0.451 e. The van der Waals surface area contributed by atoms with E-state index in [9.17, 15) is 18.0 Å². The molecule has 1 aliphatic heterocycles. The van der Waals surface area contributed by atoms with E-state index >= 15 is 0 Å². The average Bonchev–Trinajstić information content (AvgIpc) is 2.71. The third-order valence-electron chi connectivity index (χ3n) is 4.64. The molecule has 9 nitrogen and oxygen atoms in total. The Kier molecular flexibility index (Phi) is 6.13. The molecule has 30 heavy (non-hydrogen) atoms. The summed E-state index contributed by atoms with van der Waals surface area (Å²) in [6, 6.07) is 1.17. The number of hydrogen-bond acceptors (Lipinski definition) is 7. The highest BCUT2D eigenvalue weighted by molar-refractivity contribution is 5.99. The molecule has 0 radical (unpaired) electrons. The maximum atomic E-state index is 12.7. The fourth-order valence-electron chi connectivity index (χ4n) is 3.12. The molecule has 1 aliphatic rings. The van der Waals surface area contributed by atoms with E-state index in [1.54, 1.807) is 20.0 Å². The Bertz CT molecular complexity index is 958. The minimum atomic E-state index is -4.69. The molecule has 1 amide bonds. The van der Waals surface area contributed by atoms with E-state index in [4.69, 9.17) is 9.94 Å². The molecule has 12 heteroatoms. The number of nitrogens with zero attached hydrogens (tertiary/aromatic N) is 6. The summed E-state index contributed by atoms with van der Waals surface area (Å²) in [6.45, 7) is 4.13. The number of hydrogen-bond donors (Lipinski definition) is 1.